The van der Waals surface area contributed by atoms with E-state index in [1.807, 2.05) is 0 Å². The van der Waals surface area contributed by atoms with Gasteiger partial charge in [-0.25, -0.2) is 0 Å². The molecule has 0 bridgehead atoms. The second-order valence-corrected chi connectivity index (χ2v) is 10.8. The number of phenolic OH excluding ortho intramolecular Hbond substituents is 1. The monoisotopic (exact) mass is 650 g/mol. The summed E-state index contributed by atoms with van der Waals surface area (Å²) in [4.78, 5) is 98.0. The van der Waals surface area contributed by atoms with E-state index in [1.165, 1.54) is 19.1 Å². The van der Waals surface area contributed by atoms with E-state index >= 15 is 0 Å². The van der Waals surface area contributed by atoms with E-state index < -0.39 is 96.4 Å². The van der Waals surface area contributed by atoms with Crippen molar-refractivity contribution in [1.82, 2.24) is 26.6 Å². The molecule has 17 heteroatoms. The first-order valence-corrected chi connectivity index (χ1v) is 14.4. The Kier molecular flexibility index (Phi) is 15.7. The van der Waals surface area contributed by atoms with Crippen LogP contribution in [-0.2, 0) is 44.8 Å². The van der Waals surface area contributed by atoms with Gasteiger partial charge < -0.3 is 47.6 Å². The number of primary amides is 1. The summed E-state index contributed by atoms with van der Waals surface area (Å²) in [5.74, 6) is -8.37. The minimum atomic E-state index is -1.72. The van der Waals surface area contributed by atoms with Crippen LogP contribution in [0.5, 0.6) is 5.75 Å². The van der Waals surface area contributed by atoms with E-state index in [0.717, 1.165) is 6.92 Å². The van der Waals surface area contributed by atoms with E-state index in [4.69, 9.17) is 10.8 Å². The number of carbonyl (C=O) groups excluding carboxylic acids is 6. The number of nitrogens with two attached hydrogens (primary N) is 1. The van der Waals surface area contributed by atoms with Crippen molar-refractivity contribution in [2.75, 3.05) is 0 Å². The Labute approximate surface area is 265 Å². The number of hydrogen-bond donors (Lipinski definition) is 9. The van der Waals surface area contributed by atoms with Crippen molar-refractivity contribution in [3.63, 3.8) is 0 Å². The zero-order chi connectivity index (χ0) is 35.1. The van der Waals surface area contributed by atoms with Crippen LogP contribution in [-0.4, -0.2) is 92.9 Å². The van der Waals surface area contributed by atoms with Gasteiger partial charge in [-0.2, -0.15) is 0 Å². The molecule has 0 saturated heterocycles. The van der Waals surface area contributed by atoms with Gasteiger partial charge in [0.15, 0.2) is 0 Å². The Hall–Kier alpha value is -5.22. The van der Waals surface area contributed by atoms with E-state index in [-0.39, 0.29) is 18.6 Å². The minimum Gasteiger partial charge on any atom is -0.508 e. The lowest BCUT2D eigenvalue weighted by Crippen LogP contribution is -2.59. The summed E-state index contributed by atoms with van der Waals surface area (Å²) in [6.07, 6.45) is -1.34. The molecule has 1 aromatic carbocycles. The SMILES string of the molecule is CCC(C)[C@H](NC(=O)[C@H](C)NC(=O)[C@H](CC(=O)O)NC(=O)[C@H](CCC(=O)O)NC(C)=O)C(=O)N[C@@H](Cc1ccc(O)cc1)C(N)=O. The highest BCUT2D eigenvalue weighted by Gasteiger charge is 2.33. The lowest BCUT2D eigenvalue weighted by Gasteiger charge is -2.28. The van der Waals surface area contributed by atoms with Crippen LogP contribution in [0.3, 0.4) is 0 Å². The van der Waals surface area contributed by atoms with Crippen LogP contribution >= 0.6 is 0 Å². The van der Waals surface area contributed by atoms with Gasteiger partial charge in [-0.1, -0.05) is 32.4 Å². The molecule has 0 spiro atoms. The van der Waals surface area contributed by atoms with Crippen molar-refractivity contribution in [2.45, 2.75) is 90.0 Å². The first-order valence-electron chi connectivity index (χ1n) is 14.4. The smallest absolute Gasteiger partial charge is 0.305 e. The maximum Gasteiger partial charge on any atom is 0.305 e. The molecule has 6 amide bonds. The first kappa shape index (κ1) is 38.8. The molecule has 1 aromatic rings. The molecule has 1 unspecified atom stereocenters. The lowest BCUT2D eigenvalue weighted by molar-refractivity contribution is -0.141. The maximum atomic E-state index is 13.2. The number of nitrogens with one attached hydrogen (secondary N) is 5. The fraction of sp³-hybridized carbons (Fsp3) is 0.517. The number of carboxylic acid groups (broad SMARTS) is 2. The molecule has 0 radical (unpaired) electrons. The third-order valence-corrected chi connectivity index (χ3v) is 6.93. The molecule has 0 aliphatic heterocycles. The second-order valence-electron chi connectivity index (χ2n) is 10.8. The maximum absolute atomic E-state index is 13.2. The fourth-order valence-electron chi connectivity index (χ4n) is 4.15. The van der Waals surface area contributed by atoms with Gasteiger partial charge in [0.05, 0.1) is 6.42 Å². The van der Waals surface area contributed by atoms with E-state index in [0.29, 0.717) is 12.0 Å². The summed E-state index contributed by atoms with van der Waals surface area (Å²) in [6, 6.07) is -0.881. The van der Waals surface area contributed by atoms with Crippen molar-refractivity contribution in [1.29, 1.82) is 0 Å². The molecule has 6 atom stereocenters. The molecule has 10 N–H and O–H groups in total. The van der Waals surface area contributed by atoms with Crippen molar-refractivity contribution in [2.24, 2.45) is 11.7 Å². The fourth-order valence-corrected chi connectivity index (χ4v) is 4.15. The zero-order valence-electron chi connectivity index (χ0n) is 26.0. The summed E-state index contributed by atoms with van der Waals surface area (Å²) in [7, 11) is 0. The van der Waals surface area contributed by atoms with Gasteiger partial charge in [0.2, 0.25) is 35.4 Å². The van der Waals surface area contributed by atoms with Crippen molar-refractivity contribution in [3.05, 3.63) is 29.8 Å². The number of phenols is 1. The van der Waals surface area contributed by atoms with Crippen LogP contribution in [0.1, 0.15) is 58.9 Å². The molecule has 0 aromatic heterocycles. The molecule has 254 valence electrons. The van der Waals surface area contributed by atoms with Crippen molar-refractivity contribution < 1.29 is 53.7 Å². The number of amides is 6. The number of carboxylic acids is 2. The molecule has 46 heavy (non-hydrogen) atoms. The van der Waals surface area contributed by atoms with E-state index in [1.54, 1.807) is 26.0 Å². The summed E-state index contributed by atoms with van der Waals surface area (Å²) in [5, 5.41) is 39.4. The predicted octanol–water partition coefficient (Wildman–Crippen LogP) is -1.73. The molecule has 0 aliphatic carbocycles. The van der Waals surface area contributed by atoms with Crippen molar-refractivity contribution in [3.8, 4) is 5.75 Å². The number of hydrogen-bond acceptors (Lipinski definition) is 9. The van der Waals surface area contributed by atoms with Gasteiger partial charge in [-0.05, 0) is 37.0 Å². The molecule has 17 nitrogen and oxygen atoms in total. The van der Waals surface area contributed by atoms with Gasteiger partial charge >= 0.3 is 11.9 Å². The number of carbonyl (C=O) groups is 8. The Balaban J connectivity index is 3.02. The Morgan fingerprint density at radius 3 is 1.80 bits per heavy atom. The lowest BCUT2D eigenvalue weighted by atomic mass is 9.97. The summed E-state index contributed by atoms with van der Waals surface area (Å²) in [6.45, 7) is 5.76. The second kappa shape index (κ2) is 18.6. The van der Waals surface area contributed by atoms with E-state index in [9.17, 15) is 48.6 Å². The largest absolute Gasteiger partial charge is 0.508 e. The molecule has 0 heterocycles. The zero-order valence-corrected chi connectivity index (χ0v) is 26.0. The third-order valence-electron chi connectivity index (χ3n) is 6.93. The highest BCUT2D eigenvalue weighted by molar-refractivity contribution is 5.97. The Bertz CT molecular complexity index is 1290. The quantitative estimate of drug-likeness (QED) is 0.0811. The molecule has 1 rings (SSSR count). The predicted molar refractivity (Wildman–Crippen MR) is 161 cm³/mol. The average molecular weight is 651 g/mol. The first-order chi connectivity index (χ1) is 21.4. The number of aliphatic carboxylic acids is 2. The van der Waals surface area contributed by atoms with Crippen LogP contribution in [0.4, 0.5) is 0 Å². The number of benzene rings is 1. The van der Waals surface area contributed by atoms with Crippen LogP contribution in [0.15, 0.2) is 24.3 Å². The van der Waals surface area contributed by atoms with Gasteiger partial charge in [-0.15, -0.1) is 0 Å². The molecule has 0 aliphatic rings. The number of aromatic hydroxyl groups is 1. The summed E-state index contributed by atoms with van der Waals surface area (Å²) < 4.78 is 0. The highest BCUT2D eigenvalue weighted by Crippen LogP contribution is 2.13. The molecule has 0 fully saturated rings. The normalized spacial score (nSPS) is 14.6. The van der Waals surface area contributed by atoms with Crippen LogP contribution in [0.2, 0.25) is 0 Å². The van der Waals surface area contributed by atoms with Gasteiger partial charge in [0.1, 0.15) is 36.0 Å². The third kappa shape index (κ3) is 13.6. The average Bonchev–Trinajstić information content (AvgIpc) is 2.96. The Morgan fingerprint density at radius 2 is 1.30 bits per heavy atom. The Morgan fingerprint density at radius 1 is 0.739 bits per heavy atom. The summed E-state index contributed by atoms with van der Waals surface area (Å²) >= 11 is 0. The summed E-state index contributed by atoms with van der Waals surface area (Å²) in [5.41, 5.74) is 6.08. The molecular weight excluding hydrogens is 608 g/mol. The van der Waals surface area contributed by atoms with Gasteiger partial charge in [-0.3, -0.25) is 38.4 Å². The van der Waals surface area contributed by atoms with Gasteiger partial charge in [0, 0.05) is 19.8 Å². The molecular formula is C29H42N6O11. The number of rotatable bonds is 19. The van der Waals surface area contributed by atoms with Crippen LogP contribution in [0.25, 0.3) is 0 Å². The highest BCUT2D eigenvalue weighted by atomic mass is 16.4. The van der Waals surface area contributed by atoms with Crippen molar-refractivity contribution >= 4 is 47.4 Å². The van der Waals surface area contributed by atoms with Crippen LogP contribution < -0.4 is 32.3 Å². The minimum absolute atomic E-state index is 0.00474. The topological polar surface area (TPSA) is 283 Å². The van der Waals surface area contributed by atoms with Gasteiger partial charge in [0.25, 0.3) is 0 Å². The van der Waals surface area contributed by atoms with E-state index in [2.05, 4.69) is 26.6 Å². The molecule has 0 saturated carbocycles. The standard InChI is InChI=1S/C29H42N6O11/c1-5-14(2)24(29(46)33-20(25(30)42)12-17-6-8-18(37)9-7-17)35-26(43)15(3)31-28(45)21(13-23(40)41)34-27(44)19(32-16(4)36)10-11-22(38)39/h6-9,14-15,19-21,24,37H,5,10-13H2,1-4H3,(H2,30,42)(H,31,45)(H,32,36)(H,33,46)(H,34,44)(H,35,43)(H,38,39)(H,40,41)/t14?,15-,19-,20-,21-,24-/m0/s1. The van der Waals surface area contributed by atoms with Crippen LogP contribution in [0, 0.1) is 5.92 Å².